The Bertz CT molecular complexity index is 3350. The van der Waals surface area contributed by atoms with Gasteiger partial charge in [-0.3, -0.25) is 19.5 Å². The molecule has 82 heavy (non-hydrogen) atoms. The number of piperidine rings is 1. The highest BCUT2D eigenvalue weighted by molar-refractivity contribution is 5.96. The maximum Gasteiger partial charge on any atom is 0.318 e. The van der Waals surface area contributed by atoms with E-state index in [1.165, 1.54) is 31.7 Å². The van der Waals surface area contributed by atoms with Crippen LogP contribution in [0.5, 0.6) is 23.5 Å². The number of pyridine rings is 1. The van der Waals surface area contributed by atoms with Crippen molar-refractivity contribution in [2.24, 2.45) is 11.8 Å². The number of piperazine rings is 2. The number of carbonyl (C=O) groups excluding carboxylic acids is 2. The van der Waals surface area contributed by atoms with Crippen molar-refractivity contribution in [1.82, 2.24) is 44.5 Å². The predicted octanol–water partition coefficient (Wildman–Crippen LogP) is 5.35. The molecule has 6 aromatic rings. The molecular weight excluding hydrogens is 1040 g/mol. The highest BCUT2D eigenvalue weighted by Crippen LogP contribution is 2.45. The fourth-order valence-corrected chi connectivity index (χ4v) is 13.1. The third-order valence-corrected chi connectivity index (χ3v) is 17.5. The molecule has 5 fully saturated rings. The monoisotopic (exact) mass is 1110 g/mol. The van der Waals surface area contributed by atoms with E-state index in [1.54, 1.807) is 18.3 Å². The van der Waals surface area contributed by atoms with Gasteiger partial charge < -0.3 is 58.4 Å². The normalized spacial score (nSPS) is 20.5. The fourth-order valence-electron chi connectivity index (χ4n) is 13.1. The molecule has 0 bridgehead atoms. The Morgan fingerprint density at radius 3 is 1.95 bits per heavy atom. The zero-order valence-corrected chi connectivity index (χ0v) is 46.7. The molecule has 3 unspecified atom stereocenters. The fraction of sp³-hybridized carbons (Fsp3) is 0.468. The third-order valence-electron chi connectivity index (χ3n) is 17.5. The summed E-state index contributed by atoms with van der Waals surface area (Å²) in [5, 5.41) is 13.9. The molecule has 1 aliphatic carbocycles. The summed E-state index contributed by atoms with van der Waals surface area (Å²) in [5.41, 5.74) is 6.64. The van der Waals surface area contributed by atoms with Crippen molar-refractivity contribution in [3.8, 4) is 23.5 Å². The Balaban J connectivity index is 0.778. The van der Waals surface area contributed by atoms with E-state index in [0.29, 0.717) is 111 Å². The van der Waals surface area contributed by atoms with Crippen LogP contribution in [0.2, 0.25) is 0 Å². The highest BCUT2D eigenvalue weighted by Gasteiger charge is 2.44. The Kier molecular flexibility index (Phi) is 15.4. The van der Waals surface area contributed by atoms with Gasteiger partial charge in [0.15, 0.2) is 0 Å². The van der Waals surface area contributed by atoms with Gasteiger partial charge in [0, 0.05) is 151 Å². The predicted molar refractivity (Wildman–Crippen MR) is 314 cm³/mol. The van der Waals surface area contributed by atoms with Gasteiger partial charge >= 0.3 is 12.0 Å². The van der Waals surface area contributed by atoms with E-state index in [2.05, 4.69) is 79.0 Å². The van der Waals surface area contributed by atoms with E-state index >= 15 is 0 Å². The van der Waals surface area contributed by atoms with Crippen molar-refractivity contribution in [2.45, 2.75) is 44.9 Å². The number of hydrogen-bond acceptors (Lipinski definition) is 18. The largest absolute Gasteiger partial charge is 0.508 e. The molecule has 4 saturated heterocycles. The van der Waals surface area contributed by atoms with Crippen LogP contribution in [0, 0.1) is 11.8 Å². The molecule has 428 valence electrons. The number of carbonyl (C=O) groups is 2. The molecule has 2 amide bonds. The summed E-state index contributed by atoms with van der Waals surface area (Å²) in [4.78, 5) is 68.3. The number of phenolic OH excluding ortho intramolecular Hbond substituents is 1. The van der Waals surface area contributed by atoms with Crippen molar-refractivity contribution < 1.29 is 33.6 Å². The lowest BCUT2D eigenvalue weighted by atomic mass is 10.0. The first-order valence-electron chi connectivity index (χ1n) is 29.4. The summed E-state index contributed by atoms with van der Waals surface area (Å²) >= 11 is 0. The number of likely N-dealkylation sites (tertiary alicyclic amines) is 1. The van der Waals surface area contributed by atoms with Crippen LogP contribution in [0.4, 0.5) is 23.0 Å². The number of rotatable bonds is 18. The van der Waals surface area contributed by atoms with E-state index in [-0.39, 0.29) is 30.2 Å². The minimum Gasteiger partial charge on any atom is -0.508 e. The van der Waals surface area contributed by atoms with Crippen molar-refractivity contribution in [3.63, 3.8) is 0 Å². The molecule has 7 aliphatic rings. The van der Waals surface area contributed by atoms with Gasteiger partial charge in [0.2, 0.25) is 11.8 Å². The third kappa shape index (κ3) is 11.5. The van der Waals surface area contributed by atoms with Crippen LogP contribution in [0.15, 0.2) is 92.2 Å². The van der Waals surface area contributed by atoms with Gasteiger partial charge in [-0.05, 0) is 73.3 Å². The molecule has 20 heteroatoms. The van der Waals surface area contributed by atoms with Gasteiger partial charge in [0.1, 0.15) is 35.8 Å². The Morgan fingerprint density at radius 1 is 0.671 bits per heavy atom. The number of aromatic nitrogens is 5. The summed E-state index contributed by atoms with van der Waals surface area (Å²) in [5.74, 6) is 4.27. The molecule has 1 saturated carbocycles. The molecule has 0 spiro atoms. The molecule has 9 heterocycles. The zero-order valence-electron chi connectivity index (χ0n) is 46.7. The van der Waals surface area contributed by atoms with Crippen molar-refractivity contribution in [2.75, 3.05) is 151 Å². The first-order valence-corrected chi connectivity index (χ1v) is 29.4. The van der Waals surface area contributed by atoms with Crippen LogP contribution in [-0.4, -0.2) is 199 Å². The Labute approximate surface area is 478 Å². The number of morpholine rings is 1. The molecule has 6 aliphatic heterocycles. The number of amides is 2. The first-order chi connectivity index (χ1) is 40.2. The lowest BCUT2D eigenvalue weighted by molar-refractivity contribution is -0.127. The Hall–Kier alpha value is -7.81. The summed E-state index contributed by atoms with van der Waals surface area (Å²) in [6.45, 7) is 22.2. The van der Waals surface area contributed by atoms with E-state index in [4.69, 9.17) is 43.9 Å². The molecule has 3 atom stereocenters. The average molecular weight is 1110 g/mol. The van der Waals surface area contributed by atoms with Crippen LogP contribution < -0.4 is 33.8 Å². The Morgan fingerprint density at radius 2 is 1.29 bits per heavy atom. The summed E-state index contributed by atoms with van der Waals surface area (Å²) in [6, 6.07) is 20.8. The lowest BCUT2D eigenvalue weighted by Gasteiger charge is -2.38. The van der Waals surface area contributed by atoms with E-state index < -0.39 is 6.10 Å². The number of benzene rings is 3. The van der Waals surface area contributed by atoms with E-state index in [0.717, 1.165) is 124 Å². The first kappa shape index (κ1) is 53.5. The molecule has 20 nitrogen and oxygen atoms in total. The SMILES string of the molecule is C=CC(=O)N1CCN(c2nc(OCCCN3CC4CC4C3)nc3c2CCN(c2cc(OC(COc4nc5c(c(N6CCN(C(=O)C=C)CC6)n4)CCN(c4cc(O)cc6cccnc46)C5)CN4CCOCC4)cc4ccccc24)C3)CC1. The number of aromatic hydroxyl groups is 1. The number of hydrogen-bond donors (Lipinski definition) is 1. The number of phenols is 1. The standard InChI is InChI=1S/C62H73N13O7/c1-3-56(77)70-18-22-72(23-19-70)59-50-12-16-74(39-52(50)64-61(66-59)80-28-8-15-69-36-44-31-45(44)37-69)54-35-47(33-42-9-5-6-11-49(42)54)82-48(38-68-26-29-79-30-27-68)41-81-62-65-53-40-75(55-34-46(76)32-43-10-7-14-63-58(43)55)17-13-51(53)60(67-62)73-24-20-71(21-25-73)57(78)4-2/h3-7,9-11,14,32-35,44-45,48,76H,1-2,8,12-13,15-31,36-41H2. The van der Waals surface area contributed by atoms with Gasteiger partial charge in [-0.2, -0.15) is 19.9 Å². The summed E-state index contributed by atoms with van der Waals surface area (Å²) < 4.78 is 26.2. The summed E-state index contributed by atoms with van der Waals surface area (Å²) in [6.07, 6.45) is 7.81. The van der Waals surface area contributed by atoms with Crippen LogP contribution in [-0.2, 0) is 40.3 Å². The smallest absolute Gasteiger partial charge is 0.318 e. The highest BCUT2D eigenvalue weighted by atomic mass is 16.5. The molecule has 0 radical (unpaired) electrons. The quantitative estimate of drug-likeness (QED) is 0.0859. The maximum atomic E-state index is 12.7. The molecule has 3 aromatic heterocycles. The zero-order chi connectivity index (χ0) is 55.7. The lowest BCUT2D eigenvalue weighted by Crippen LogP contribution is -2.49. The van der Waals surface area contributed by atoms with Gasteiger partial charge in [0.05, 0.1) is 55.5 Å². The minimum atomic E-state index is -0.430. The van der Waals surface area contributed by atoms with E-state index in [1.807, 2.05) is 21.9 Å². The number of nitrogens with zero attached hydrogens (tertiary/aromatic N) is 13. The number of ether oxygens (including phenoxy) is 4. The van der Waals surface area contributed by atoms with Gasteiger partial charge in [0.25, 0.3) is 0 Å². The molecular formula is C62H73N13O7. The second-order valence-electron chi connectivity index (χ2n) is 22.8. The topological polar surface area (TPSA) is 182 Å². The van der Waals surface area contributed by atoms with Gasteiger partial charge in [-0.15, -0.1) is 0 Å². The molecule has 13 rings (SSSR count). The van der Waals surface area contributed by atoms with E-state index in [9.17, 15) is 14.7 Å². The van der Waals surface area contributed by atoms with Crippen molar-refractivity contribution in [3.05, 3.63) is 115 Å². The minimum absolute atomic E-state index is 0.0482. The van der Waals surface area contributed by atoms with Crippen LogP contribution >= 0.6 is 0 Å². The molecule has 3 aromatic carbocycles. The van der Waals surface area contributed by atoms with Crippen LogP contribution in [0.3, 0.4) is 0 Å². The number of fused-ring (bicyclic) bond motifs is 5. The second-order valence-corrected chi connectivity index (χ2v) is 22.8. The van der Waals surface area contributed by atoms with Crippen LogP contribution in [0.25, 0.3) is 21.7 Å². The maximum absolute atomic E-state index is 12.7. The number of anilines is 4. The average Bonchev–Trinajstić information content (AvgIpc) is 4.28. The van der Waals surface area contributed by atoms with Gasteiger partial charge in [-0.1, -0.05) is 43.5 Å². The van der Waals surface area contributed by atoms with Crippen molar-refractivity contribution in [1.29, 1.82) is 0 Å². The summed E-state index contributed by atoms with van der Waals surface area (Å²) in [7, 11) is 0. The van der Waals surface area contributed by atoms with Crippen molar-refractivity contribution >= 4 is 56.5 Å². The molecule has 1 N–H and O–H groups in total. The van der Waals surface area contributed by atoms with Gasteiger partial charge in [-0.25, -0.2) is 0 Å². The second kappa shape index (κ2) is 23.6. The van der Waals surface area contributed by atoms with Crippen LogP contribution in [0.1, 0.15) is 35.4 Å².